The molecule has 3 saturated heterocycles. The highest BCUT2D eigenvalue weighted by Crippen LogP contribution is 2.73. The van der Waals surface area contributed by atoms with Crippen molar-refractivity contribution in [1.29, 1.82) is 0 Å². The quantitative estimate of drug-likeness (QED) is 0.591. The SMILES string of the molecule is C/C=C1/CN2CCC34c5ccccc5N(C)C23C(O)CC1C4(CO)C(=O)OC. The van der Waals surface area contributed by atoms with Gasteiger partial charge < -0.3 is 19.8 Å². The third-order valence-electron chi connectivity index (χ3n) is 8.37. The predicted octanol–water partition coefficient (Wildman–Crippen LogP) is 1.27. The number of benzene rings is 1. The van der Waals surface area contributed by atoms with Crippen LogP contribution in [0.3, 0.4) is 0 Å². The molecule has 0 aromatic heterocycles. The summed E-state index contributed by atoms with van der Waals surface area (Å²) in [5.74, 6) is -0.632. The van der Waals surface area contributed by atoms with Gasteiger partial charge in [-0.15, -0.1) is 0 Å². The van der Waals surface area contributed by atoms with Crippen LogP contribution >= 0.6 is 0 Å². The van der Waals surface area contributed by atoms with Crippen molar-refractivity contribution in [3.05, 3.63) is 41.5 Å². The third kappa shape index (κ3) is 1.52. The molecule has 6 nitrogen and oxygen atoms in total. The van der Waals surface area contributed by atoms with Crippen molar-refractivity contribution < 1.29 is 19.7 Å². The van der Waals surface area contributed by atoms with Gasteiger partial charge >= 0.3 is 5.97 Å². The van der Waals surface area contributed by atoms with Crippen LogP contribution in [-0.4, -0.2) is 66.7 Å². The van der Waals surface area contributed by atoms with Crippen molar-refractivity contribution >= 4 is 11.7 Å². The second kappa shape index (κ2) is 5.59. The van der Waals surface area contributed by atoms with E-state index in [1.54, 1.807) is 0 Å². The summed E-state index contributed by atoms with van der Waals surface area (Å²) < 4.78 is 5.38. The molecule has 4 bridgehead atoms. The van der Waals surface area contributed by atoms with E-state index in [0.717, 1.165) is 23.4 Å². The second-order valence-corrected chi connectivity index (χ2v) is 8.67. The van der Waals surface area contributed by atoms with Crippen LogP contribution in [0.5, 0.6) is 0 Å². The fourth-order valence-corrected chi connectivity index (χ4v) is 7.56. The molecule has 1 aromatic rings. The molecule has 1 aliphatic carbocycles. The number of hydrogen-bond donors (Lipinski definition) is 2. The molecule has 5 aliphatic rings. The molecule has 6 rings (SSSR count). The average Bonchev–Trinajstić information content (AvgIpc) is 3.10. The maximum absolute atomic E-state index is 13.5. The number of rotatable bonds is 2. The number of allylic oxidation sites excluding steroid dienone is 1. The van der Waals surface area contributed by atoms with E-state index in [0.29, 0.717) is 19.4 Å². The largest absolute Gasteiger partial charge is 0.468 e. The molecule has 4 heterocycles. The molecule has 4 aliphatic heterocycles. The first-order valence-corrected chi connectivity index (χ1v) is 10.1. The van der Waals surface area contributed by atoms with Crippen molar-refractivity contribution in [2.75, 3.05) is 38.8 Å². The number of methoxy groups -OCH3 is 1. The van der Waals surface area contributed by atoms with Gasteiger partial charge in [0, 0.05) is 31.7 Å². The van der Waals surface area contributed by atoms with Crippen LogP contribution in [0.2, 0.25) is 0 Å². The van der Waals surface area contributed by atoms with Crippen LogP contribution in [0.1, 0.15) is 25.3 Å². The highest BCUT2D eigenvalue weighted by Gasteiger charge is 2.84. The topological polar surface area (TPSA) is 73.2 Å². The van der Waals surface area contributed by atoms with Gasteiger partial charge in [0.05, 0.1) is 25.2 Å². The lowest BCUT2D eigenvalue weighted by Crippen LogP contribution is -2.77. The molecule has 0 amide bonds. The summed E-state index contributed by atoms with van der Waals surface area (Å²) >= 11 is 0. The van der Waals surface area contributed by atoms with Crippen molar-refractivity contribution in [3.63, 3.8) is 0 Å². The number of carbonyl (C=O) groups is 1. The molecule has 0 radical (unpaired) electrons. The standard InChI is InChI=1S/C22H28N2O4/c1-4-14-12-24-10-9-21-15-7-5-6-8-17(15)23(2)22(21,24)18(26)11-16(14)20(21,13-25)19(27)28-3/h4-8,16,18,25-26H,9-13H2,1-3H3/b14-4-. The normalized spacial score (nSPS) is 44.4. The third-order valence-corrected chi connectivity index (χ3v) is 8.37. The number of ether oxygens (including phenoxy) is 1. The van der Waals surface area contributed by atoms with Gasteiger partial charge in [-0.1, -0.05) is 29.8 Å². The van der Waals surface area contributed by atoms with E-state index >= 15 is 0 Å². The Morgan fingerprint density at radius 2 is 2.14 bits per heavy atom. The smallest absolute Gasteiger partial charge is 0.315 e. The van der Waals surface area contributed by atoms with E-state index in [1.807, 2.05) is 26.1 Å². The van der Waals surface area contributed by atoms with E-state index in [2.05, 4.69) is 28.0 Å². The van der Waals surface area contributed by atoms with Crippen LogP contribution in [0.4, 0.5) is 5.69 Å². The van der Waals surface area contributed by atoms with Gasteiger partial charge in [-0.2, -0.15) is 0 Å². The number of aliphatic hydroxyl groups is 2. The highest BCUT2D eigenvalue weighted by molar-refractivity contribution is 5.86. The van der Waals surface area contributed by atoms with Gasteiger partial charge in [-0.3, -0.25) is 9.69 Å². The molecule has 4 fully saturated rings. The first-order chi connectivity index (χ1) is 13.5. The molecule has 2 N–H and O–H groups in total. The molecule has 1 saturated carbocycles. The number of para-hydroxylation sites is 1. The number of fused-ring (bicyclic) bond motifs is 3. The Morgan fingerprint density at radius 1 is 1.39 bits per heavy atom. The molecule has 1 spiro atoms. The molecular weight excluding hydrogens is 356 g/mol. The van der Waals surface area contributed by atoms with E-state index in [9.17, 15) is 15.0 Å². The zero-order valence-electron chi connectivity index (χ0n) is 16.7. The first kappa shape index (κ1) is 18.2. The van der Waals surface area contributed by atoms with Crippen LogP contribution < -0.4 is 4.90 Å². The van der Waals surface area contributed by atoms with E-state index < -0.39 is 22.6 Å². The minimum Gasteiger partial charge on any atom is -0.468 e. The monoisotopic (exact) mass is 384 g/mol. The Bertz CT molecular complexity index is 885. The van der Waals surface area contributed by atoms with Gasteiger partial charge in [0.2, 0.25) is 0 Å². The predicted molar refractivity (Wildman–Crippen MR) is 105 cm³/mol. The minimum absolute atomic E-state index is 0.261. The number of esters is 1. The molecule has 6 atom stereocenters. The van der Waals surface area contributed by atoms with Crippen molar-refractivity contribution in [2.45, 2.75) is 36.9 Å². The zero-order valence-corrected chi connectivity index (χ0v) is 16.7. The molecule has 1 aromatic carbocycles. The summed E-state index contributed by atoms with van der Waals surface area (Å²) in [6.07, 6.45) is 2.56. The Morgan fingerprint density at radius 3 is 2.82 bits per heavy atom. The molecule has 6 heteroatoms. The number of carbonyl (C=O) groups excluding carboxylic acids is 1. The van der Waals surface area contributed by atoms with Crippen LogP contribution in [0, 0.1) is 11.3 Å². The van der Waals surface area contributed by atoms with Crippen LogP contribution in [-0.2, 0) is 14.9 Å². The van der Waals surface area contributed by atoms with Gasteiger partial charge in [0.25, 0.3) is 0 Å². The molecule has 28 heavy (non-hydrogen) atoms. The molecular formula is C22H28N2O4. The number of aliphatic hydroxyl groups excluding tert-OH is 2. The van der Waals surface area contributed by atoms with Gasteiger partial charge in [-0.25, -0.2) is 0 Å². The summed E-state index contributed by atoms with van der Waals surface area (Å²) in [7, 11) is 3.42. The maximum Gasteiger partial charge on any atom is 0.315 e. The fourth-order valence-electron chi connectivity index (χ4n) is 7.56. The van der Waals surface area contributed by atoms with Crippen LogP contribution in [0.15, 0.2) is 35.9 Å². The Labute approximate surface area is 165 Å². The van der Waals surface area contributed by atoms with E-state index in [-0.39, 0.29) is 18.5 Å². The van der Waals surface area contributed by atoms with E-state index in [4.69, 9.17) is 4.74 Å². The minimum atomic E-state index is -1.13. The Hall–Kier alpha value is -1.89. The van der Waals surface area contributed by atoms with Gasteiger partial charge in [0.1, 0.15) is 11.1 Å². The maximum atomic E-state index is 13.5. The number of nitrogens with zero attached hydrogens (tertiary/aromatic N) is 2. The lowest BCUT2D eigenvalue weighted by molar-refractivity contribution is -0.187. The lowest BCUT2D eigenvalue weighted by Gasteiger charge is -2.61. The average molecular weight is 384 g/mol. The van der Waals surface area contributed by atoms with Gasteiger partial charge in [-0.05, 0) is 31.4 Å². The van der Waals surface area contributed by atoms with Crippen molar-refractivity contribution in [1.82, 2.24) is 4.90 Å². The Kier molecular flexibility index (Phi) is 3.62. The number of likely N-dealkylation sites (N-methyl/N-ethyl adjacent to an activating group) is 1. The molecule has 6 unspecified atom stereocenters. The van der Waals surface area contributed by atoms with Crippen molar-refractivity contribution in [2.24, 2.45) is 11.3 Å². The zero-order chi connectivity index (χ0) is 19.9. The fraction of sp³-hybridized carbons (Fsp3) is 0.591. The summed E-state index contributed by atoms with van der Waals surface area (Å²) in [5.41, 5.74) is 0.539. The first-order valence-electron chi connectivity index (χ1n) is 10.1. The second-order valence-electron chi connectivity index (χ2n) is 8.67. The van der Waals surface area contributed by atoms with Crippen LogP contribution in [0.25, 0.3) is 0 Å². The lowest BCUT2D eigenvalue weighted by atomic mass is 9.45. The number of anilines is 1. The Balaban J connectivity index is 1.96. The van der Waals surface area contributed by atoms with Gasteiger partial charge in [0.15, 0.2) is 0 Å². The number of hydrogen-bond acceptors (Lipinski definition) is 6. The van der Waals surface area contributed by atoms with E-state index in [1.165, 1.54) is 7.11 Å². The highest BCUT2D eigenvalue weighted by atomic mass is 16.5. The summed E-state index contributed by atoms with van der Waals surface area (Å²) in [5, 5.41) is 22.5. The summed E-state index contributed by atoms with van der Waals surface area (Å²) in [4.78, 5) is 18.1. The van der Waals surface area contributed by atoms with Crippen molar-refractivity contribution in [3.8, 4) is 0 Å². The molecule has 150 valence electrons. The summed E-state index contributed by atoms with van der Waals surface area (Å²) in [6.45, 7) is 3.14. The summed E-state index contributed by atoms with van der Waals surface area (Å²) in [6, 6.07) is 8.11.